The zero-order valence-corrected chi connectivity index (χ0v) is 8.33. The number of nitrogens with one attached hydrogen (secondary N) is 1. The van der Waals surface area contributed by atoms with Crippen LogP contribution in [0.1, 0.15) is 17.6 Å². The minimum absolute atomic E-state index is 0.215. The van der Waals surface area contributed by atoms with Gasteiger partial charge in [-0.3, -0.25) is 5.84 Å². The molecule has 0 saturated heterocycles. The van der Waals surface area contributed by atoms with Gasteiger partial charge in [-0.15, -0.1) is 0 Å². The lowest BCUT2D eigenvalue weighted by Gasteiger charge is -2.14. The predicted octanol–water partition coefficient (Wildman–Crippen LogP) is -0.237. The average molecular weight is 204 g/mol. The maximum absolute atomic E-state index is 5.50. The number of aromatic nitrogens is 4. The molecule has 6 heteroatoms. The molecule has 0 saturated carbocycles. The van der Waals surface area contributed by atoms with Gasteiger partial charge in [-0.05, 0) is 6.07 Å². The molecule has 0 aliphatic heterocycles. The summed E-state index contributed by atoms with van der Waals surface area (Å²) >= 11 is 0. The van der Waals surface area contributed by atoms with Gasteiger partial charge >= 0.3 is 0 Å². The van der Waals surface area contributed by atoms with Gasteiger partial charge in [-0.25, -0.2) is 20.4 Å². The van der Waals surface area contributed by atoms with Crippen LogP contribution in [-0.4, -0.2) is 19.5 Å². The quantitative estimate of drug-likeness (QED) is 0.533. The second-order valence-corrected chi connectivity index (χ2v) is 3.13. The molecule has 0 amide bonds. The summed E-state index contributed by atoms with van der Waals surface area (Å²) in [5, 5.41) is 0. The molecular formula is C9H12N6. The van der Waals surface area contributed by atoms with Gasteiger partial charge in [0, 0.05) is 25.6 Å². The fourth-order valence-corrected chi connectivity index (χ4v) is 1.42. The number of hydrogen-bond acceptors (Lipinski definition) is 5. The smallest absolute Gasteiger partial charge is 0.133 e. The Hall–Kier alpha value is -1.79. The van der Waals surface area contributed by atoms with Crippen LogP contribution >= 0.6 is 0 Å². The number of nitrogens with zero attached hydrogens (tertiary/aromatic N) is 4. The van der Waals surface area contributed by atoms with Crippen molar-refractivity contribution in [3.8, 4) is 0 Å². The largest absolute Gasteiger partial charge is 0.336 e. The van der Waals surface area contributed by atoms with Crippen molar-refractivity contribution in [3.63, 3.8) is 0 Å². The molecule has 15 heavy (non-hydrogen) atoms. The molecule has 2 aromatic rings. The van der Waals surface area contributed by atoms with E-state index < -0.39 is 0 Å². The first-order valence-electron chi connectivity index (χ1n) is 4.52. The van der Waals surface area contributed by atoms with Gasteiger partial charge in [0.25, 0.3) is 0 Å². The highest BCUT2D eigenvalue weighted by atomic mass is 15.3. The van der Waals surface area contributed by atoms with Crippen molar-refractivity contribution in [2.75, 3.05) is 0 Å². The minimum Gasteiger partial charge on any atom is -0.336 e. The van der Waals surface area contributed by atoms with Crippen molar-refractivity contribution in [2.24, 2.45) is 12.9 Å². The van der Waals surface area contributed by atoms with Crippen LogP contribution in [0.4, 0.5) is 0 Å². The van der Waals surface area contributed by atoms with Crippen LogP contribution in [0.2, 0.25) is 0 Å². The number of rotatable bonds is 3. The van der Waals surface area contributed by atoms with Crippen LogP contribution in [0.15, 0.2) is 31.0 Å². The Morgan fingerprint density at radius 1 is 1.40 bits per heavy atom. The summed E-state index contributed by atoms with van der Waals surface area (Å²) in [5.41, 5.74) is 3.48. The van der Waals surface area contributed by atoms with Gasteiger partial charge in [0.05, 0.1) is 5.69 Å². The van der Waals surface area contributed by atoms with E-state index in [4.69, 9.17) is 5.84 Å². The summed E-state index contributed by atoms with van der Waals surface area (Å²) in [4.78, 5) is 12.2. The highest BCUT2D eigenvalue weighted by Crippen LogP contribution is 2.15. The van der Waals surface area contributed by atoms with Crippen LogP contribution in [0.3, 0.4) is 0 Å². The van der Waals surface area contributed by atoms with E-state index in [1.807, 2.05) is 17.8 Å². The maximum Gasteiger partial charge on any atom is 0.133 e. The minimum atomic E-state index is -0.215. The Balaban J connectivity index is 2.37. The molecule has 78 valence electrons. The topological polar surface area (TPSA) is 81.7 Å². The third kappa shape index (κ3) is 1.85. The molecule has 2 rings (SSSR count). The van der Waals surface area contributed by atoms with E-state index in [-0.39, 0.29) is 6.04 Å². The standard InChI is InChI=1S/C9H12N6/c1-15-5-4-12-9(15)8(14-10)7-2-3-11-6-13-7/h2-6,8,14H,10H2,1H3. The Morgan fingerprint density at radius 3 is 2.80 bits per heavy atom. The lowest BCUT2D eigenvalue weighted by atomic mass is 10.2. The van der Waals surface area contributed by atoms with Crippen LogP contribution in [0, 0.1) is 0 Å². The average Bonchev–Trinajstić information content (AvgIpc) is 2.68. The van der Waals surface area contributed by atoms with E-state index in [0.717, 1.165) is 11.5 Å². The molecule has 0 aliphatic rings. The first kappa shape index (κ1) is 9.75. The highest BCUT2D eigenvalue weighted by molar-refractivity contribution is 5.15. The van der Waals surface area contributed by atoms with Crippen molar-refractivity contribution >= 4 is 0 Å². The fourth-order valence-electron chi connectivity index (χ4n) is 1.42. The molecule has 0 radical (unpaired) electrons. The van der Waals surface area contributed by atoms with Crippen LogP contribution in [0.25, 0.3) is 0 Å². The Morgan fingerprint density at radius 2 is 2.27 bits per heavy atom. The molecule has 0 fully saturated rings. The number of hydrazine groups is 1. The van der Waals surface area contributed by atoms with Gasteiger partial charge in [0.1, 0.15) is 18.2 Å². The zero-order valence-electron chi connectivity index (χ0n) is 8.33. The first-order chi connectivity index (χ1) is 7.33. The van der Waals surface area contributed by atoms with E-state index in [0.29, 0.717) is 0 Å². The maximum atomic E-state index is 5.50. The Kier molecular flexibility index (Phi) is 2.70. The summed E-state index contributed by atoms with van der Waals surface area (Å²) < 4.78 is 1.90. The predicted molar refractivity (Wildman–Crippen MR) is 54.4 cm³/mol. The number of aryl methyl sites for hydroxylation is 1. The summed E-state index contributed by atoms with van der Waals surface area (Å²) in [6.07, 6.45) is 6.75. The van der Waals surface area contributed by atoms with Gasteiger partial charge in [0.2, 0.25) is 0 Å². The van der Waals surface area contributed by atoms with Crippen molar-refractivity contribution in [3.05, 3.63) is 42.5 Å². The molecule has 2 aromatic heterocycles. The Bertz CT molecular complexity index is 423. The first-order valence-corrected chi connectivity index (χ1v) is 4.52. The number of imidazole rings is 1. The third-order valence-electron chi connectivity index (χ3n) is 2.18. The second-order valence-electron chi connectivity index (χ2n) is 3.13. The van der Waals surface area contributed by atoms with E-state index in [9.17, 15) is 0 Å². The van der Waals surface area contributed by atoms with Gasteiger partial charge in [-0.2, -0.15) is 0 Å². The molecule has 0 spiro atoms. The SMILES string of the molecule is Cn1ccnc1C(NN)c1ccncn1. The zero-order chi connectivity index (χ0) is 10.7. The fraction of sp³-hybridized carbons (Fsp3) is 0.222. The summed E-state index contributed by atoms with van der Waals surface area (Å²) in [5.74, 6) is 6.32. The van der Waals surface area contributed by atoms with Crippen LogP contribution in [-0.2, 0) is 7.05 Å². The molecule has 0 aliphatic carbocycles. The third-order valence-corrected chi connectivity index (χ3v) is 2.18. The van der Waals surface area contributed by atoms with Gasteiger partial charge in [0.15, 0.2) is 0 Å². The lowest BCUT2D eigenvalue weighted by Crippen LogP contribution is -2.31. The molecular weight excluding hydrogens is 192 g/mol. The summed E-state index contributed by atoms with van der Waals surface area (Å²) in [7, 11) is 1.91. The van der Waals surface area contributed by atoms with Gasteiger partial charge < -0.3 is 4.57 Å². The van der Waals surface area contributed by atoms with Crippen LogP contribution < -0.4 is 11.3 Å². The molecule has 0 bridgehead atoms. The highest BCUT2D eigenvalue weighted by Gasteiger charge is 2.17. The van der Waals surface area contributed by atoms with Crippen LogP contribution in [0.5, 0.6) is 0 Å². The number of hydrogen-bond donors (Lipinski definition) is 2. The van der Waals surface area contributed by atoms with E-state index in [1.54, 1.807) is 18.5 Å². The molecule has 1 atom stereocenters. The van der Waals surface area contributed by atoms with Crippen molar-refractivity contribution in [1.82, 2.24) is 24.9 Å². The molecule has 2 heterocycles. The van der Waals surface area contributed by atoms with Crippen molar-refractivity contribution in [2.45, 2.75) is 6.04 Å². The lowest BCUT2D eigenvalue weighted by molar-refractivity contribution is 0.566. The van der Waals surface area contributed by atoms with Gasteiger partial charge in [-0.1, -0.05) is 0 Å². The van der Waals surface area contributed by atoms with Crippen molar-refractivity contribution in [1.29, 1.82) is 0 Å². The number of nitrogens with two attached hydrogens (primary N) is 1. The second kappa shape index (κ2) is 4.16. The summed E-state index contributed by atoms with van der Waals surface area (Å²) in [6.45, 7) is 0. The normalized spacial score (nSPS) is 12.7. The monoisotopic (exact) mass is 204 g/mol. The molecule has 0 aromatic carbocycles. The summed E-state index contributed by atoms with van der Waals surface area (Å²) in [6, 6.07) is 1.59. The van der Waals surface area contributed by atoms with E-state index in [1.165, 1.54) is 6.33 Å². The Labute approximate surface area is 87.2 Å². The molecule has 1 unspecified atom stereocenters. The van der Waals surface area contributed by atoms with Crippen molar-refractivity contribution < 1.29 is 0 Å². The van der Waals surface area contributed by atoms with E-state index in [2.05, 4.69) is 20.4 Å². The van der Waals surface area contributed by atoms with E-state index >= 15 is 0 Å². The molecule has 6 nitrogen and oxygen atoms in total. The molecule has 3 N–H and O–H groups in total.